The third-order valence-corrected chi connectivity index (χ3v) is 11.5. The number of anilines is 3. The summed E-state index contributed by atoms with van der Waals surface area (Å²) in [6.07, 6.45) is 0. The molecule has 0 saturated carbocycles. The average Bonchev–Trinajstić information content (AvgIpc) is 3.75. The lowest BCUT2D eigenvalue weighted by atomic mass is 9.82. The highest BCUT2D eigenvalue weighted by Crippen LogP contribution is 2.51. The van der Waals surface area contributed by atoms with Crippen LogP contribution >= 0.6 is 0 Å². The van der Waals surface area contributed by atoms with Crippen molar-refractivity contribution in [3.05, 3.63) is 193 Å². The van der Waals surface area contributed by atoms with Gasteiger partial charge in [0.2, 0.25) is 0 Å². The number of rotatable bonds is 6. The number of furan rings is 1. The maximum Gasteiger partial charge on any atom is 0.164 e. The van der Waals surface area contributed by atoms with Gasteiger partial charge >= 0.3 is 0 Å². The maximum atomic E-state index is 6.71. The monoisotopic (exact) mass is 732 g/mol. The molecule has 5 heteroatoms. The van der Waals surface area contributed by atoms with E-state index in [0.29, 0.717) is 17.5 Å². The molecule has 0 aliphatic heterocycles. The lowest BCUT2D eigenvalue weighted by molar-refractivity contribution is 0.660. The van der Waals surface area contributed by atoms with Crippen LogP contribution in [0, 0.1) is 0 Å². The van der Waals surface area contributed by atoms with Crippen molar-refractivity contribution in [3.63, 3.8) is 0 Å². The zero-order chi connectivity index (χ0) is 38.1. The van der Waals surface area contributed by atoms with Gasteiger partial charge in [-0.05, 0) is 75.5 Å². The van der Waals surface area contributed by atoms with Gasteiger partial charge in [-0.1, -0.05) is 147 Å². The molecule has 1 aliphatic rings. The van der Waals surface area contributed by atoms with Crippen molar-refractivity contribution in [2.75, 3.05) is 4.90 Å². The van der Waals surface area contributed by atoms with Crippen LogP contribution in [0.4, 0.5) is 17.1 Å². The van der Waals surface area contributed by atoms with Gasteiger partial charge < -0.3 is 9.32 Å². The molecule has 0 atom stereocenters. The molecule has 0 saturated heterocycles. The van der Waals surface area contributed by atoms with Gasteiger partial charge in [0.05, 0.1) is 5.69 Å². The van der Waals surface area contributed by atoms with E-state index in [0.717, 1.165) is 66.5 Å². The Hall–Kier alpha value is -7.37. The molecular formula is C52H36N4O. The fourth-order valence-corrected chi connectivity index (χ4v) is 8.67. The van der Waals surface area contributed by atoms with Gasteiger partial charge in [0.15, 0.2) is 17.5 Å². The van der Waals surface area contributed by atoms with Crippen LogP contribution in [0.3, 0.4) is 0 Å². The number of nitrogens with zero attached hydrogens (tertiary/aromatic N) is 4. The van der Waals surface area contributed by atoms with E-state index in [4.69, 9.17) is 19.4 Å². The summed E-state index contributed by atoms with van der Waals surface area (Å²) in [4.78, 5) is 18.0. The number of para-hydroxylation sites is 2. The van der Waals surface area contributed by atoms with Crippen LogP contribution in [0.1, 0.15) is 25.0 Å². The van der Waals surface area contributed by atoms with Gasteiger partial charge in [-0.2, -0.15) is 0 Å². The van der Waals surface area contributed by atoms with Crippen LogP contribution in [0.5, 0.6) is 0 Å². The van der Waals surface area contributed by atoms with Crippen molar-refractivity contribution in [1.82, 2.24) is 15.0 Å². The number of aromatic nitrogens is 3. The molecule has 0 spiro atoms. The predicted molar refractivity (Wildman–Crippen MR) is 233 cm³/mol. The molecule has 270 valence electrons. The molecular weight excluding hydrogens is 697 g/mol. The van der Waals surface area contributed by atoms with Gasteiger partial charge in [0.1, 0.15) is 11.2 Å². The van der Waals surface area contributed by atoms with Gasteiger partial charge in [0.25, 0.3) is 0 Å². The van der Waals surface area contributed by atoms with E-state index in [1.54, 1.807) is 0 Å². The van der Waals surface area contributed by atoms with Crippen LogP contribution in [-0.2, 0) is 5.41 Å². The Labute approximate surface area is 330 Å². The third-order valence-electron chi connectivity index (χ3n) is 11.5. The minimum absolute atomic E-state index is 0.157. The lowest BCUT2D eigenvalue weighted by Crippen LogP contribution is -2.16. The molecule has 1 aliphatic carbocycles. The number of benzene rings is 8. The quantitative estimate of drug-likeness (QED) is 0.170. The summed E-state index contributed by atoms with van der Waals surface area (Å²) in [5.41, 5.74) is 12.4. The summed E-state index contributed by atoms with van der Waals surface area (Å²) in [5.74, 6) is 1.79. The molecule has 0 radical (unpaired) electrons. The number of hydrogen-bond acceptors (Lipinski definition) is 5. The van der Waals surface area contributed by atoms with Crippen molar-refractivity contribution in [2.24, 2.45) is 0 Å². The highest BCUT2D eigenvalue weighted by Gasteiger charge is 2.36. The zero-order valence-corrected chi connectivity index (χ0v) is 31.5. The largest absolute Gasteiger partial charge is 0.456 e. The van der Waals surface area contributed by atoms with Crippen LogP contribution in [0.25, 0.3) is 78.0 Å². The van der Waals surface area contributed by atoms with Crippen LogP contribution in [0.15, 0.2) is 186 Å². The second-order valence-electron chi connectivity index (χ2n) is 15.3. The maximum absolute atomic E-state index is 6.71. The van der Waals surface area contributed by atoms with Crippen molar-refractivity contribution in [2.45, 2.75) is 19.3 Å². The molecule has 5 nitrogen and oxygen atoms in total. The first kappa shape index (κ1) is 33.0. The fraction of sp³-hybridized carbons (Fsp3) is 0.0577. The SMILES string of the molecule is CC1(C)c2ccccc2-c2ccc(N(c3ccccc3)c3cc(-c4nc(-c5ccccc5)nc(-c5ccc6ccccc6c5)n4)c4c(c3)oc3ccccc34)cc21. The Morgan fingerprint density at radius 2 is 1.09 bits per heavy atom. The topological polar surface area (TPSA) is 55.1 Å². The molecule has 10 aromatic rings. The first-order chi connectivity index (χ1) is 28.0. The minimum atomic E-state index is -0.157. The fourth-order valence-electron chi connectivity index (χ4n) is 8.67. The first-order valence-electron chi connectivity index (χ1n) is 19.4. The summed E-state index contributed by atoms with van der Waals surface area (Å²) in [6, 6.07) is 63.7. The summed E-state index contributed by atoms with van der Waals surface area (Å²) < 4.78 is 6.71. The molecule has 0 fully saturated rings. The molecule has 0 bridgehead atoms. The van der Waals surface area contributed by atoms with Crippen molar-refractivity contribution >= 4 is 49.8 Å². The van der Waals surface area contributed by atoms with E-state index in [9.17, 15) is 0 Å². The van der Waals surface area contributed by atoms with Crippen LogP contribution in [-0.4, -0.2) is 15.0 Å². The molecule has 0 unspecified atom stereocenters. The Morgan fingerprint density at radius 1 is 0.421 bits per heavy atom. The first-order valence-corrected chi connectivity index (χ1v) is 19.4. The molecule has 0 amide bonds. The molecule has 8 aromatic carbocycles. The van der Waals surface area contributed by atoms with Gasteiger partial charge in [0, 0.05) is 50.3 Å². The summed E-state index contributed by atoms with van der Waals surface area (Å²) in [5, 5.41) is 4.26. The van der Waals surface area contributed by atoms with Crippen LogP contribution in [0.2, 0.25) is 0 Å². The number of hydrogen-bond donors (Lipinski definition) is 0. The van der Waals surface area contributed by atoms with Crippen molar-refractivity contribution < 1.29 is 4.42 Å². The highest BCUT2D eigenvalue weighted by molar-refractivity contribution is 6.13. The van der Waals surface area contributed by atoms with E-state index in [-0.39, 0.29) is 5.41 Å². The van der Waals surface area contributed by atoms with Crippen LogP contribution < -0.4 is 4.90 Å². The lowest BCUT2D eigenvalue weighted by Gasteiger charge is -2.28. The molecule has 2 aromatic heterocycles. The van der Waals surface area contributed by atoms with Gasteiger partial charge in [-0.15, -0.1) is 0 Å². The average molecular weight is 733 g/mol. The molecule has 57 heavy (non-hydrogen) atoms. The second kappa shape index (κ2) is 12.9. The smallest absolute Gasteiger partial charge is 0.164 e. The Bertz CT molecular complexity index is 3170. The molecule has 2 heterocycles. The van der Waals surface area contributed by atoms with Crippen molar-refractivity contribution in [3.8, 4) is 45.3 Å². The zero-order valence-electron chi connectivity index (χ0n) is 31.5. The minimum Gasteiger partial charge on any atom is -0.456 e. The normalized spacial score (nSPS) is 12.9. The summed E-state index contributed by atoms with van der Waals surface area (Å²) >= 11 is 0. The van der Waals surface area contributed by atoms with E-state index in [1.165, 1.54) is 22.3 Å². The third kappa shape index (κ3) is 5.42. The van der Waals surface area contributed by atoms with E-state index in [1.807, 2.05) is 42.5 Å². The van der Waals surface area contributed by atoms with E-state index < -0.39 is 0 Å². The van der Waals surface area contributed by atoms with E-state index in [2.05, 4.69) is 158 Å². The highest BCUT2D eigenvalue weighted by atomic mass is 16.3. The Kier molecular flexibility index (Phi) is 7.45. The standard InChI is InChI=1S/C52H36N4O/c1-52(2)44-23-13-11-21-40(44)41-28-27-38(31-45(41)52)56(37-19-7-4-8-20-37)39-30-43(48-42-22-12-14-24-46(42)57-47(48)32-39)51-54-49(34-16-5-3-6-17-34)53-50(55-51)36-26-25-33-15-9-10-18-35(33)29-36/h3-32H,1-2H3. The Balaban J connectivity index is 1.17. The summed E-state index contributed by atoms with van der Waals surface area (Å²) in [6.45, 7) is 4.65. The molecule has 11 rings (SSSR count). The Morgan fingerprint density at radius 3 is 1.93 bits per heavy atom. The van der Waals surface area contributed by atoms with Gasteiger partial charge in [-0.25, -0.2) is 15.0 Å². The predicted octanol–water partition coefficient (Wildman–Crippen LogP) is 13.7. The van der Waals surface area contributed by atoms with E-state index >= 15 is 0 Å². The molecule has 0 N–H and O–H groups in total. The van der Waals surface area contributed by atoms with Crippen molar-refractivity contribution in [1.29, 1.82) is 0 Å². The second-order valence-corrected chi connectivity index (χ2v) is 15.3. The number of fused-ring (bicyclic) bond motifs is 7. The van der Waals surface area contributed by atoms with Gasteiger partial charge in [-0.3, -0.25) is 0 Å². The summed E-state index contributed by atoms with van der Waals surface area (Å²) in [7, 11) is 0.